The Kier molecular flexibility index (Phi) is 3.72. The minimum atomic E-state index is -0.200. The van der Waals surface area contributed by atoms with Gasteiger partial charge in [0, 0.05) is 31.0 Å². The van der Waals surface area contributed by atoms with Crippen molar-refractivity contribution in [1.29, 1.82) is 0 Å². The van der Waals surface area contributed by atoms with Gasteiger partial charge in [-0.1, -0.05) is 0 Å². The number of aromatic nitrogens is 1. The van der Waals surface area contributed by atoms with Crippen LogP contribution in [0.5, 0.6) is 0 Å². The fourth-order valence-corrected chi connectivity index (χ4v) is 1.19. The van der Waals surface area contributed by atoms with E-state index in [0.717, 1.165) is 13.1 Å². The monoisotopic (exact) mass is 196 g/mol. The van der Waals surface area contributed by atoms with Gasteiger partial charge in [-0.3, -0.25) is 0 Å². The van der Waals surface area contributed by atoms with Crippen LogP contribution in [0.15, 0.2) is 18.5 Å². The molecule has 0 spiro atoms. The van der Waals surface area contributed by atoms with Gasteiger partial charge in [-0.25, -0.2) is 0 Å². The van der Waals surface area contributed by atoms with Gasteiger partial charge in [-0.2, -0.15) is 0 Å². The third-order valence-corrected chi connectivity index (χ3v) is 2.34. The molecule has 0 fully saturated rings. The van der Waals surface area contributed by atoms with E-state index in [1.165, 1.54) is 5.56 Å². The highest BCUT2D eigenvalue weighted by molar-refractivity contribution is 5.10. The Morgan fingerprint density at radius 1 is 1.50 bits per heavy atom. The van der Waals surface area contributed by atoms with Crippen LogP contribution < -0.4 is 5.32 Å². The first-order chi connectivity index (χ1) is 6.57. The molecular formula is C11H20N2O. The van der Waals surface area contributed by atoms with E-state index in [9.17, 15) is 0 Å². The van der Waals surface area contributed by atoms with Gasteiger partial charge in [-0.05, 0) is 32.4 Å². The number of hydrogen-bond acceptors (Lipinski definition) is 2. The summed E-state index contributed by atoms with van der Waals surface area (Å²) >= 11 is 0. The van der Waals surface area contributed by atoms with Crippen molar-refractivity contribution in [3.05, 3.63) is 24.0 Å². The van der Waals surface area contributed by atoms with Crippen molar-refractivity contribution in [2.24, 2.45) is 0 Å². The summed E-state index contributed by atoms with van der Waals surface area (Å²) in [5, 5.41) is 12.4. The highest BCUT2D eigenvalue weighted by atomic mass is 16.3. The first kappa shape index (κ1) is 11.3. The van der Waals surface area contributed by atoms with E-state index in [4.69, 9.17) is 5.11 Å². The van der Waals surface area contributed by atoms with Crippen LogP contribution in [0, 0.1) is 0 Å². The molecule has 0 aliphatic heterocycles. The first-order valence-corrected chi connectivity index (χ1v) is 5.08. The molecular weight excluding hydrogens is 176 g/mol. The standard InChI is InChI=1S/C11H20N2O/c1-4-13-6-5-10(8-13)7-12-11(2,3)9-14/h5-6,8,12,14H,4,7,9H2,1-3H3. The van der Waals surface area contributed by atoms with Crippen LogP contribution in [0.25, 0.3) is 0 Å². The number of aryl methyl sites for hydroxylation is 1. The number of nitrogens with one attached hydrogen (secondary N) is 1. The minimum absolute atomic E-state index is 0.154. The quantitative estimate of drug-likeness (QED) is 0.746. The van der Waals surface area contributed by atoms with Crippen LogP contribution in [0.2, 0.25) is 0 Å². The molecule has 0 unspecified atom stereocenters. The molecule has 1 aromatic rings. The van der Waals surface area contributed by atoms with Crippen molar-refractivity contribution in [2.45, 2.75) is 39.4 Å². The summed E-state index contributed by atoms with van der Waals surface area (Å²) < 4.78 is 2.14. The Hall–Kier alpha value is -0.800. The average molecular weight is 196 g/mol. The summed E-state index contributed by atoms with van der Waals surface area (Å²) in [7, 11) is 0. The molecule has 3 heteroatoms. The van der Waals surface area contributed by atoms with Gasteiger partial charge in [0.1, 0.15) is 0 Å². The Morgan fingerprint density at radius 3 is 2.71 bits per heavy atom. The topological polar surface area (TPSA) is 37.2 Å². The summed E-state index contributed by atoms with van der Waals surface area (Å²) in [6.45, 7) is 8.06. The molecule has 0 aliphatic carbocycles. The van der Waals surface area contributed by atoms with Crippen LogP contribution in [0.1, 0.15) is 26.3 Å². The van der Waals surface area contributed by atoms with Gasteiger partial charge in [0.25, 0.3) is 0 Å². The smallest absolute Gasteiger partial charge is 0.0607 e. The number of aliphatic hydroxyl groups is 1. The number of aliphatic hydroxyl groups excluding tert-OH is 1. The summed E-state index contributed by atoms with van der Waals surface area (Å²) in [4.78, 5) is 0. The van der Waals surface area contributed by atoms with Crippen molar-refractivity contribution in [3.63, 3.8) is 0 Å². The van der Waals surface area contributed by atoms with E-state index in [1.807, 2.05) is 13.8 Å². The maximum atomic E-state index is 9.06. The molecule has 0 aromatic carbocycles. The van der Waals surface area contributed by atoms with Gasteiger partial charge in [0.2, 0.25) is 0 Å². The SMILES string of the molecule is CCn1ccc(CNC(C)(C)CO)c1. The lowest BCUT2D eigenvalue weighted by molar-refractivity contribution is 0.187. The zero-order chi connectivity index (χ0) is 10.6. The second-order valence-electron chi connectivity index (χ2n) is 4.25. The first-order valence-electron chi connectivity index (χ1n) is 5.08. The molecule has 80 valence electrons. The lowest BCUT2D eigenvalue weighted by atomic mass is 10.1. The van der Waals surface area contributed by atoms with E-state index in [1.54, 1.807) is 0 Å². The predicted molar refractivity (Wildman–Crippen MR) is 58.1 cm³/mol. The lowest BCUT2D eigenvalue weighted by Gasteiger charge is -2.23. The second kappa shape index (κ2) is 4.62. The maximum absolute atomic E-state index is 9.06. The van der Waals surface area contributed by atoms with Crippen LogP contribution in [-0.4, -0.2) is 21.8 Å². The molecule has 0 saturated heterocycles. The lowest BCUT2D eigenvalue weighted by Crippen LogP contribution is -2.41. The van der Waals surface area contributed by atoms with E-state index in [-0.39, 0.29) is 12.1 Å². The number of rotatable bonds is 5. The summed E-state index contributed by atoms with van der Waals surface area (Å²) in [6.07, 6.45) is 4.20. The largest absolute Gasteiger partial charge is 0.394 e. The minimum Gasteiger partial charge on any atom is -0.394 e. The fourth-order valence-electron chi connectivity index (χ4n) is 1.19. The predicted octanol–water partition coefficient (Wildman–Crippen LogP) is 1.37. The Bertz CT molecular complexity index is 279. The van der Waals surface area contributed by atoms with Gasteiger partial charge in [0.05, 0.1) is 6.61 Å². The van der Waals surface area contributed by atoms with Gasteiger partial charge >= 0.3 is 0 Å². The molecule has 0 saturated carbocycles. The third-order valence-electron chi connectivity index (χ3n) is 2.34. The van der Waals surface area contributed by atoms with Crippen LogP contribution in [0.3, 0.4) is 0 Å². The number of nitrogens with zero attached hydrogens (tertiary/aromatic N) is 1. The van der Waals surface area contributed by atoms with E-state index in [0.29, 0.717) is 0 Å². The van der Waals surface area contributed by atoms with Crippen molar-refractivity contribution in [3.8, 4) is 0 Å². The molecule has 1 rings (SSSR count). The zero-order valence-corrected chi connectivity index (χ0v) is 9.25. The molecule has 0 amide bonds. The normalized spacial score (nSPS) is 12.0. The molecule has 1 heterocycles. The van der Waals surface area contributed by atoms with Gasteiger partial charge in [-0.15, -0.1) is 0 Å². The zero-order valence-electron chi connectivity index (χ0n) is 9.25. The number of hydrogen-bond donors (Lipinski definition) is 2. The molecule has 14 heavy (non-hydrogen) atoms. The van der Waals surface area contributed by atoms with Crippen molar-refractivity contribution < 1.29 is 5.11 Å². The average Bonchev–Trinajstić information content (AvgIpc) is 2.63. The molecule has 0 bridgehead atoms. The molecule has 0 radical (unpaired) electrons. The van der Waals surface area contributed by atoms with Crippen LogP contribution >= 0.6 is 0 Å². The van der Waals surface area contributed by atoms with Crippen LogP contribution in [-0.2, 0) is 13.1 Å². The van der Waals surface area contributed by atoms with Crippen molar-refractivity contribution in [1.82, 2.24) is 9.88 Å². The summed E-state index contributed by atoms with van der Waals surface area (Å²) in [5.74, 6) is 0. The van der Waals surface area contributed by atoms with Gasteiger partial charge < -0.3 is 15.0 Å². The third kappa shape index (κ3) is 3.16. The molecule has 1 aromatic heterocycles. The van der Waals surface area contributed by atoms with E-state index < -0.39 is 0 Å². The Labute approximate surface area is 85.7 Å². The van der Waals surface area contributed by atoms with Crippen molar-refractivity contribution >= 4 is 0 Å². The van der Waals surface area contributed by atoms with Gasteiger partial charge in [0.15, 0.2) is 0 Å². The van der Waals surface area contributed by atoms with Crippen LogP contribution in [0.4, 0.5) is 0 Å². The highest BCUT2D eigenvalue weighted by Gasteiger charge is 2.14. The summed E-state index contributed by atoms with van der Waals surface area (Å²) in [6, 6.07) is 2.10. The van der Waals surface area contributed by atoms with E-state index >= 15 is 0 Å². The molecule has 0 atom stereocenters. The fraction of sp³-hybridized carbons (Fsp3) is 0.636. The van der Waals surface area contributed by atoms with Crippen molar-refractivity contribution in [2.75, 3.05) is 6.61 Å². The second-order valence-corrected chi connectivity index (χ2v) is 4.25. The molecule has 3 nitrogen and oxygen atoms in total. The Morgan fingerprint density at radius 2 is 2.21 bits per heavy atom. The molecule has 0 aliphatic rings. The van der Waals surface area contributed by atoms with E-state index in [2.05, 4.69) is 35.3 Å². The summed E-state index contributed by atoms with van der Waals surface area (Å²) in [5.41, 5.74) is 1.06. The molecule has 2 N–H and O–H groups in total. The maximum Gasteiger partial charge on any atom is 0.0607 e. The Balaban J connectivity index is 2.45. The highest BCUT2D eigenvalue weighted by Crippen LogP contribution is 2.05.